The van der Waals surface area contributed by atoms with Crippen molar-refractivity contribution in [1.29, 1.82) is 5.26 Å². The van der Waals surface area contributed by atoms with E-state index in [4.69, 9.17) is 32.2 Å². The standard InChI is InChI=1S/C37H39N9O4S2/c1-37(2)28-16-25(9-10-27(28)31-29(37)17-26(52-31)15-24(18-38)34(51)40-11-13-48-4)46(3)12-14-49-36(47)41-19-22-5-7-23(8-6-22)20-50-33-30-32(43-21-42-30)44-35(39)45-33/h5-10,15-17,21H,11-14,19-20H2,1-4H3,(H,40,51)(H,41,47)(H3,39,42,43,44,45)/b24-15+. The summed E-state index contributed by atoms with van der Waals surface area (Å²) in [6.07, 6.45) is 2.88. The van der Waals surface area contributed by atoms with Gasteiger partial charge in [-0.3, -0.25) is 0 Å². The number of aromatic amines is 1. The molecule has 13 nitrogen and oxygen atoms in total. The molecule has 0 saturated heterocycles. The highest BCUT2D eigenvalue weighted by Crippen LogP contribution is 2.53. The second-order valence-electron chi connectivity index (χ2n) is 12.7. The number of methoxy groups -OCH3 is 1. The first-order valence-corrected chi connectivity index (χ1v) is 17.8. The molecule has 3 heterocycles. The van der Waals surface area contributed by atoms with Crippen LogP contribution in [0.2, 0.25) is 0 Å². The zero-order chi connectivity index (χ0) is 36.8. The number of benzene rings is 2. The molecule has 0 aliphatic heterocycles. The largest absolute Gasteiger partial charge is 0.471 e. The van der Waals surface area contributed by atoms with Crippen LogP contribution in [-0.4, -0.2) is 71.5 Å². The van der Waals surface area contributed by atoms with Gasteiger partial charge >= 0.3 is 6.09 Å². The number of likely N-dealkylation sites (N-methyl/N-ethyl adjacent to an activating group) is 1. The Morgan fingerprint density at radius 3 is 2.67 bits per heavy atom. The molecule has 5 aromatic rings. The van der Waals surface area contributed by atoms with Gasteiger partial charge in [0.05, 0.1) is 25.1 Å². The van der Waals surface area contributed by atoms with Crippen LogP contribution in [0, 0.1) is 11.3 Å². The lowest BCUT2D eigenvalue weighted by molar-refractivity contribution is 0.148. The average Bonchev–Trinajstić information content (AvgIpc) is 3.84. The minimum absolute atomic E-state index is 0.0881. The van der Waals surface area contributed by atoms with Crippen LogP contribution in [0.5, 0.6) is 5.88 Å². The number of nitrogens with zero attached hydrogens (tertiary/aromatic N) is 5. The van der Waals surface area contributed by atoms with E-state index in [1.807, 2.05) is 37.4 Å². The highest BCUT2D eigenvalue weighted by Gasteiger charge is 2.37. The molecule has 52 heavy (non-hydrogen) atoms. The molecule has 0 spiro atoms. The Kier molecular flexibility index (Phi) is 11.0. The van der Waals surface area contributed by atoms with Crippen molar-refractivity contribution in [1.82, 2.24) is 30.6 Å². The topological polar surface area (TPSA) is 176 Å². The SMILES string of the molecule is COCCNC(=S)/C(C#N)=C/c1cc2c(s1)-c1ccc(N(C)CCOC(=O)NCc3ccc(COc4nc(N)nc5nc[nH]c45)cc3)cc1C2(C)C. The number of anilines is 2. The van der Waals surface area contributed by atoms with E-state index in [1.54, 1.807) is 18.4 Å². The van der Waals surface area contributed by atoms with Crippen molar-refractivity contribution in [2.24, 2.45) is 0 Å². The highest BCUT2D eigenvalue weighted by molar-refractivity contribution is 7.80. The molecule has 0 atom stereocenters. The number of nitrogens with one attached hydrogen (secondary N) is 3. The Morgan fingerprint density at radius 2 is 1.90 bits per heavy atom. The van der Waals surface area contributed by atoms with Crippen molar-refractivity contribution in [3.8, 4) is 22.4 Å². The van der Waals surface area contributed by atoms with E-state index in [0.717, 1.165) is 21.7 Å². The van der Waals surface area contributed by atoms with E-state index >= 15 is 0 Å². The van der Waals surface area contributed by atoms with Gasteiger partial charge in [-0.05, 0) is 52.1 Å². The number of H-pyrrole nitrogens is 1. The summed E-state index contributed by atoms with van der Waals surface area (Å²) in [5.74, 6) is 0.421. The summed E-state index contributed by atoms with van der Waals surface area (Å²) in [5.41, 5.74) is 13.5. The van der Waals surface area contributed by atoms with Gasteiger partial charge in [-0.2, -0.15) is 15.2 Å². The number of nitrogen functional groups attached to an aromatic ring is 1. The third-order valence-corrected chi connectivity index (χ3v) is 10.3. The zero-order valence-corrected chi connectivity index (χ0v) is 30.9. The predicted molar refractivity (Wildman–Crippen MR) is 206 cm³/mol. The first kappa shape index (κ1) is 36.2. The number of thiocarbonyl (C=S) groups is 1. The Labute approximate surface area is 310 Å². The number of nitriles is 1. The number of nitrogens with two attached hydrogens (primary N) is 1. The van der Waals surface area contributed by atoms with Crippen molar-refractivity contribution in [3.05, 3.63) is 87.6 Å². The minimum atomic E-state index is -0.485. The molecule has 0 fully saturated rings. The molecular formula is C37H39N9O4S2. The lowest BCUT2D eigenvalue weighted by Crippen LogP contribution is -2.29. The Morgan fingerprint density at radius 1 is 1.12 bits per heavy atom. The number of amides is 1. The van der Waals surface area contributed by atoms with Crippen molar-refractivity contribution in [3.63, 3.8) is 0 Å². The fourth-order valence-electron chi connectivity index (χ4n) is 5.89. The van der Waals surface area contributed by atoms with Gasteiger partial charge in [0.15, 0.2) is 5.65 Å². The monoisotopic (exact) mass is 737 g/mol. The first-order valence-electron chi connectivity index (χ1n) is 16.5. The number of aromatic nitrogens is 4. The summed E-state index contributed by atoms with van der Waals surface area (Å²) in [7, 11) is 3.61. The quantitative estimate of drug-likeness (QED) is 0.0473. The molecule has 0 radical (unpaired) electrons. The van der Waals surface area contributed by atoms with E-state index in [-0.39, 0.29) is 24.6 Å². The Bertz CT molecular complexity index is 2170. The van der Waals surface area contributed by atoms with E-state index in [9.17, 15) is 10.1 Å². The van der Waals surface area contributed by atoms with Gasteiger partial charge in [0.1, 0.15) is 29.8 Å². The summed E-state index contributed by atoms with van der Waals surface area (Å²) >= 11 is 7.09. The maximum Gasteiger partial charge on any atom is 0.407 e. The minimum Gasteiger partial charge on any atom is -0.471 e. The molecule has 3 aromatic heterocycles. The van der Waals surface area contributed by atoms with Gasteiger partial charge in [-0.15, -0.1) is 11.3 Å². The van der Waals surface area contributed by atoms with E-state index in [2.05, 4.69) is 79.7 Å². The third kappa shape index (κ3) is 7.99. The van der Waals surface area contributed by atoms with Gasteiger partial charge in [0.2, 0.25) is 11.8 Å². The molecule has 6 rings (SSSR count). The number of fused-ring (bicyclic) bond motifs is 4. The smallest absolute Gasteiger partial charge is 0.407 e. The summed E-state index contributed by atoms with van der Waals surface area (Å²) in [6.45, 7) is 6.83. The lowest BCUT2D eigenvalue weighted by Gasteiger charge is -2.24. The molecule has 5 N–H and O–H groups in total. The van der Waals surface area contributed by atoms with Crippen LogP contribution in [-0.2, 0) is 28.0 Å². The van der Waals surface area contributed by atoms with Crippen LogP contribution in [0.1, 0.15) is 41.0 Å². The van der Waals surface area contributed by atoms with E-state index in [0.29, 0.717) is 53.8 Å². The second kappa shape index (κ2) is 15.8. The van der Waals surface area contributed by atoms with Gasteiger partial charge in [0.25, 0.3) is 0 Å². The van der Waals surface area contributed by atoms with Crippen molar-refractivity contribution in [2.45, 2.75) is 32.4 Å². The van der Waals surface area contributed by atoms with Crippen molar-refractivity contribution in [2.75, 3.05) is 51.1 Å². The van der Waals surface area contributed by atoms with Crippen LogP contribution in [0.3, 0.4) is 0 Å². The average molecular weight is 738 g/mol. The molecule has 1 aliphatic rings. The molecule has 0 unspecified atom stereocenters. The number of carbonyl (C=O) groups is 1. The zero-order valence-electron chi connectivity index (χ0n) is 29.3. The van der Waals surface area contributed by atoms with E-state index in [1.165, 1.54) is 27.9 Å². The van der Waals surface area contributed by atoms with Crippen LogP contribution < -0.4 is 26.0 Å². The summed E-state index contributed by atoms with van der Waals surface area (Å²) in [4.78, 5) is 32.4. The van der Waals surface area contributed by atoms with E-state index < -0.39 is 6.09 Å². The molecule has 0 saturated carbocycles. The van der Waals surface area contributed by atoms with Crippen LogP contribution in [0.4, 0.5) is 16.4 Å². The van der Waals surface area contributed by atoms with Crippen LogP contribution >= 0.6 is 23.6 Å². The second-order valence-corrected chi connectivity index (χ2v) is 14.2. The molecule has 1 aliphatic carbocycles. The third-order valence-electron chi connectivity index (χ3n) is 8.79. The molecule has 1 amide bonds. The summed E-state index contributed by atoms with van der Waals surface area (Å²) in [6, 6.07) is 18.5. The van der Waals surface area contributed by atoms with Crippen molar-refractivity contribution < 1.29 is 19.0 Å². The Hall–Kier alpha value is -5.56. The maximum atomic E-state index is 12.5. The predicted octanol–water partition coefficient (Wildman–Crippen LogP) is 5.71. The lowest BCUT2D eigenvalue weighted by atomic mass is 9.82. The highest BCUT2D eigenvalue weighted by atomic mass is 32.1. The molecule has 0 bridgehead atoms. The molecule has 2 aromatic carbocycles. The number of ether oxygens (including phenoxy) is 3. The number of alkyl carbamates (subject to hydrolysis) is 1. The number of hydrogen-bond acceptors (Lipinski definition) is 12. The Balaban J connectivity index is 0.979. The fraction of sp³-hybridized carbons (Fsp3) is 0.297. The van der Waals surface area contributed by atoms with Gasteiger partial charge in [-0.1, -0.05) is 56.4 Å². The van der Waals surface area contributed by atoms with Crippen molar-refractivity contribution >= 4 is 63.5 Å². The molecule has 15 heteroatoms. The number of carbonyl (C=O) groups excluding carboxylic acids is 1. The first-order chi connectivity index (χ1) is 25.1. The summed E-state index contributed by atoms with van der Waals surface area (Å²) < 4.78 is 16.4. The van der Waals surface area contributed by atoms with Crippen LogP contribution in [0.15, 0.2) is 60.4 Å². The van der Waals surface area contributed by atoms with Gasteiger partial charge in [-0.25, -0.2) is 9.78 Å². The fourth-order valence-corrected chi connectivity index (χ4v) is 7.40. The summed E-state index contributed by atoms with van der Waals surface area (Å²) in [5, 5.41) is 15.6. The normalized spacial score (nSPS) is 12.9. The number of hydrogen-bond donors (Lipinski definition) is 4. The van der Waals surface area contributed by atoms with Gasteiger partial charge < -0.3 is 40.5 Å². The molecular weight excluding hydrogens is 699 g/mol. The molecule has 268 valence electrons. The number of imidazole rings is 1. The number of rotatable bonds is 14. The maximum absolute atomic E-state index is 12.5. The van der Waals surface area contributed by atoms with Gasteiger partial charge in [0, 0.05) is 48.1 Å². The van der Waals surface area contributed by atoms with Crippen LogP contribution in [0.25, 0.3) is 27.7 Å². The number of thiophene rings is 1.